The number of benzene rings is 2. The number of ether oxygens (including phenoxy) is 2. The Kier molecular flexibility index (Phi) is 9.70. The molecule has 0 unspecified atom stereocenters. The normalized spacial score (nSPS) is 15.4. The van der Waals surface area contributed by atoms with Gasteiger partial charge in [0, 0.05) is 38.0 Å². The van der Waals surface area contributed by atoms with Crippen molar-refractivity contribution in [2.45, 2.75) is 43.9 Å². The van der Waals surface area contributed by atoms with Crippen LogP contribution in [-0.4, -0.2) is 36.5 Å². The van der Waals surface area contributed by atoms with Gasteiger partial charge in [-0.25, -0.2) is 0 Å². The van der Waals surface area contributed by atoms with Crippen LogP contribution < -0.4 is 25.8 Å². The number of methoxy groups -OCH3 is 1. The number of rotatable bonds is 10. The summed E-state index contributed by atoms with van der Waals surface area (Å²) in [5, 5.41) is 5.48. The predicted octanol–water partition coefficient (Wildman–Crippen LogP) is 4.18. The van der Waals surface area contributed by atoms with Gasteiger partial charge in [0.25, 0.3) is 5.91 Å². The lowest BCUT2D eigenvalue weighted by molar-refractivity contribution is -0.138. The molecule has 1 fully saturated rings. The van der Waals surface area contributed by atoms with E-state index >= 15 is 0 Å². The zero-order valence-electron chi connectivity index (χ0n) is 21.7. The van der Waals surface area contributed by atoms with Gasteiger partial charge in [0.15, 0.2) is 0 Å². The van der Waals surface area contributed by atoms with E-state index in [1.807, 2.05) is 0 Å². The molecule has 2 aromatic carbocycles. The number of carbonyl (C=O) groups is 3. The van der Waals surface area contributed by atoms with Gasteiger partial charge in [0.2, 0.25) is 5.91 Å². The number of nitrogens with one attached hydrogen (secondary N) is 2. The first-order chi connectivity index (χ1) is 19.0. The van der Waals surface area contributed by atoms with Crippen molar-refractivity contribution in [3.8, 4) is 17.2 Å². The van der Waals surface area contributed by atoms with Gasteiger partial charge in [0.1, 0.15) is 34.1 Å². The van der Waals surface area contributed by atoms with Crippen molar-refractivity contribution in [2.75, 3.05) is 7.11 Å². The van der Waals surface area contributed by atoms with Crippen LogP contribution in [0.3, 0.4) is 0 Å². The molecule has 0 spiro atoms. The van der Waals surface area contributed by atoms with Crippen LogP contribution in [0, 0.1) is 0 Å². The lowest BCUT2D eigenvalue weighted by Gasteiger charge is -2.36. The van der Waals surface area contributed by atoms with Gasteiger partial charge in [-0.15, -0.1) is 0 Å². The summed E-state index contributed by atoms with van der Waals surface area (Å²) in [5.41, 5.74) is 3.85. The summed E-state index contributed by atoms with van der Waals surface area (Å²) in [6, 6.07) is 9.50. The molecular weight excluding hydrogens is 529 g/mol. The number of Topliss-reactive ketones (excluding diaryl/α,β-unsaturated/α-hetero) is 1. The topological polar surface area (TPSA) is 132 Å². The second kappa shape index (κ2) is 13.0. The molecule has 0 aliphatic heterocycles. The third-order valence-corrected chi connectivity index (χ3v) is 6.31. The van der Waals surface area contributed by atoms with Crippen LogP contribution in [0.5, 0.6) is 17.2 Å². The zero-order chi connectivity index (χ0) is 29.3. The van der Waals surface area contributed by atoms with Crippen LogP contribution in [0.4, 0.5) is 13.2 Å². The molecule has 2 amide bonds. The number of hydrogen-bond acceptors (Lipinski definition) is 7. The zero-order valence-corrected chi connectivity index (χ0v) is 21.7. The highest BCUT2D eigenvalue weighted by atomic mass is 19.4. The van der Waals surface area contributed by atoms with Crippen molar-refractivity contribution in [1.82, 2.24) is 10.6 Å². The fourth-order valence-corrected chi connectivity index (χ4v) is 4.06. The Morgan fingerprint density at radius 2 is 1.77 bits per heavy atom. The Labute approximate surface area is 228 Å². The van der Waals surface area contributed by atoms with Crippen LogP contribution in [0.15, 0.2) is 72.0 Å². The molecule has 4 N–H and O–H groups in total. The fraction of sp³-hybridized carbons (Fsp3) is 0.286. The van der Waals surface area contributed by atoms with E-state index in [9.17, 15) is 27.6 Å². The van der Waals surface area contributed by atoms with Crippen molar-refractivity contribution in [2.24, 2.45) is 10.7 Å². The van der Waals surface area contributed by atoms with Crippen LogP contribution in [0.25, 0.3) is 0 Å². The van der Waals surface area contributed by atoms with E-state index in [1.165, 1.54) is 43.8 Å². The summed E-state index contributed by atoms with van der Waals surface area (Å²) >= 11 is 0. The lowest BCUT2D eigenvalue weighted by atomic mass is 9.80. The molecule has 12 heteroatoms. The quantitative estimate of drug-likeness (QED) is 0.296. The molecule has 0 atom stereocenters. The molecule has 1 aliphatic rings. The van der Waals surface area contributed by atoms with Gasteiger partial charge in [-0.1, -0.05) is 18.7 Å². The first-order valence-electron chi connectivity index (χ1n) is 12.2. The maximum atomic E-state index is 13.5. The first-order valence-corrected chi connectivity index (χ1v) is 12.2. The Morgan fingerprint density at radius 3 is 2.35 bits per heavy atom. The standard InChI is InChI=1S/C28H29F3N4O5/c1-3-33-17-19(15-32)25(37)35-27(12-10-20(36)11-13-27)26(38)34-16-18-4-6-21(7-5-18)40-24-9-8-22(39-2)14-23(24)28(29,30)31/h3-9,14-15,17H,1,10-13,16,32H2,2H3,(H,34,38)(H,35,37)/b19-15+,33-17?. The number of carbonyl (C=O) groups excluding carboxylic acids is 3. The van der Waals surface area contributed by atoms with Crippen LogP contribution >= 0.6 is 0 Å². The molecule has 0 saturated heterocycles. The van der Waals surface area contributed by atoms with Crippen LogP contribution in [0.1, 0.15) is 36.8 Å². The average molecular weight is 559 g/mol. The predicted molar refractivity (Wildman–Crippen MR) is 142 cm³/mol. The van der Waals surface area contributed by atoms with Crippen LogP contribution in [0.2, 0.25) is 0 Å². The molecular formula is C28H29F3N4O5. The third kappa shape index (κ3) is 7.49. The molecule has 0 bridgehead atoms. The van der Waals surface area contributed by atoms with E-state index in [2.05, 4.69) is 22.2 Å². The van der Waals surface area contributed by atoms with E-state index in [0.717, 1.165) is 12.3 Å². The molecule has 0 heterocycles. The van der Waals surface area contributed by atoms with E-state index in [4.69, 9.17) is 15.2 Å². The van der Waals surface area contributed by atoms with E-state index in [0.29, 0.717) is 5.56 Å². The highest BCUT2D eigenvalue weighted by Gasteiger charge is 2.43. The Bertz CT molecular complexity index is 1310. The number of nitrogens with zero attached hydrogens (tertiary/aromatic N) is 1. The molecule has 3 rings (SSSR count). The van der Waals surface area contributed by atoms with Gasteiger partial charge in [-0.3, -0.25) is 19.4 Å². The minimum absolute atomic E-state index is 0.0124. The molecule has 0 radical (unpaired) electrons. The summed E-state index contributed by atoms with van der Waals surface area (Å²) in [6.45, 7) is 3.49. The summed E-state index contributed by atoms with van der Waals surface area (Å²) in [4.78, 5) is 41.7. The van der Waals surface area contributed by atoms with Crippen molar-refractivity contribution in [3.63, 3.8) is 0 Å². The number of amides is 2. The van der Waals surface area contributed by atoms with E-state index < -0.39 is 29.1 Å². The maximum absolute atomic E-state index is 13.5. The highest BCUT2D eigenvalue weighted by molar-refractivity contribution is 6.13. The number of alkyl halides is 3. The van der Waals surface area contributed by atoms with Gasteiger partial charge >= 0.3 is 6.18 Å². The smallest absolute Gasteiger partial charge is 0.420 e. The fourth-order valence-electron chi connectivity index (χ4n) is 4.06. The monoisotopic (exact) mass is 558 g/mol. The molecule has 9 nitrogen and oxygen atoms in total. The summed E-state index contributed by atoms with van der Waals surface area (Å²) in [6.07, 6.45) is -0.722. The van der Waals surface area contributed by atoms with Crippen LogP contribution in [-0.2, 0) is 27.1 Å². The SMILES string of the molecule is C=CN=C/C(=C\N)C(=O)NC1(C(=O)NCc2ccc(Oc3ccc(OC)cc3C(F)(F)F)cc2)CCC(=O)CC1. The Balaban J connectivity index is 1.70. The third-order valence-electron chi connectivity index (χ3n) is 6.31. The van der Waals surface area contributed by atoms with E-state index in [-0.39, 0.29) is 60.8 Å². The van der Waals surface area contributed by atoms with Crippen molar-refractivity contribution in [1.29, 1.82) is 0 Å². The number of nitrogens with two attached hydrogens (primary N) is 1. The van der Waals surface area contributed by atoms with Crippen molar-refractivity contribution in [3.05, 3.63) is 78.1 Å². The van der Waals surface area contributed by atoms with Gasteiger partial charge in [-0.05, 0) is 48.7 Å². The lowest BCUT2D eigenvalue weighted by Crippen LogP contribution is -2.60. The molecule has 40 heavy (non-hydrogen) atoms. The Hall–Kier alpha value is -4.61. The molecule has 1 saturated carbocycles. The molecule has 1 aliphatic carbocycles. The molecule has 212 valence electrons. The second-order valence-corrected chi connectivity index (χ2v) is 8.95. The number of halogens is 3. The first kappa shape index (κ1) is 29.9. The number of ketones is 1. The maximum Gasteiger partial charge on any atom is 0.420 e. The molecule has 2 aromatic rings. The van der Waals surface area contributed by atoms with Gasteiger partial charge in [0.05, 0.1) is 12.7 Å². The Morgan fingerprint density at radius 1 is 1.12 bits per heavy atom. The number of hydrogen-bond donors (Lipinski definition) is 3. The van der Waals surface area contributed by atoms with Crippen molar-refractivity contribution >= 4 is 23.8 Å². The summed E-state index contributed by atoms with van der Waals surface area (Å²) < 4.78 is 50.8. The highest BCUT2D eigenvalue weighted by Crippen LogP contribution is 2.40. The summed E-state index contributed by atoms with van der Waals surface area (Å²) in [7, 11) is 1.27. The van der Waals surface area contributed by atoms with E-state index in [1.54, 1.807) is 12.1 Å². The molecule has 0 aromatic heterocycles. The summed E-state index contributed by atoms with van der Waals surface area (Å²) in [5.74, 6) is -1.32. The minimum atomic E-state index is -4.65. The van der Waals surface area contributed by atoms with Crippen molar-refractivity contribution < 1.29 is 37.0 Å². The minimum Gasteiger partial charge on any atom is -0.497 e. The van der Waals surface area contributed by atoms with Gasteiger partial charge < -0.3 is 25.8 Å². The second-order valence-electron chi connectivity index (χ2n) is 8.95. The number of aliphatic imine (C=N–C) groups is 1. The van der Waals surface area contributed by atoms with Gasteiger partial charge in [-0.2, -0.15) is 13.2 Å². The largest absolute Gasteiger partial charge is 0.497 e. The average Bonchev–Trinajstić information content (AvgIpc) is 2.94.